The second kappa shape index (κ2) is 7.21. The first-order chi connectivity index (χ1) is 11.7. The maximum atomic E-state index is 12.3. The average Bonchev–Trinajstić information content (AvgIpc) is 3.16. The number of anilines is 1. The molecule has 6 nitrogen and oxygen atoms in total. The van der Waals surface area contributed by atoms with E-state index in [1.807, 2.05) is 18.2 Å². The molecule has 0 radical (unpaired) electrons. The van der Waals surface area contributed by atoms with Crippen LogP contribution >= 0.6 is 0 Å². The monoisotopic (exact) mass is 328 g/mol. The van der Waals surface area contributed by atoms with Crippen LogP contribution in [0.5, 0.6) is 0 Å². The molecule has 0 spiro atoms. The third kappa shape index (κ3) is 3.27. The average molecular weight is 328 g/mol. The first-order valence-electron chi connectivity index (χ1n) is 8.04. The summed E-state index contributed by atoms with van der Waals surface area (Å²) in [6.45, 7) is 4.61. The lowest BCUT2D eigenvalue weighted by atomic mass is 10.1. The van der Waals surface area contributed by atoms with Gasteiger partial charge in [0.1, 0.15) is 0 Å². The van der Waals surface area contributed by atoms with Gasteiger partial charge in [-0.15, -0.1) is 0 Å². The number of hydrogen-bond donors (Lipinski definition) is 0. The van der Waals surface area contributed by atoms with Crippen LogP contribution in [0.15, 0.2) is 47.1 Å². The minimum Gasteiger partial charge on any atom is -0.462 e. The summed E-state index contributed by atoms with van der Waals surface area (Å²) >= 11 is 0. The fourth-order valence-electron chi connectivity index (χ4n) is 2.84. The van der Waals surface area contributed by atoms with Gasteiger partial charge in [-0.2, -0.15) is 0 Å². The smallest absolute Gasteiger partial charge is 0.340 e. The molecule has 2 aromatic rings. The first-order valence-corrected chi connectivity index (χ1v) is 8.04. The van der Waals surface area contributed by atoms with E-state index in [0.717, 1.165) is 5.69 Å². The van der Waals surface area contributed by atoms with Crippen molar-refractivity contribution < 1.29 is 18.7 Å². The number of nitrogens with zero attached hydrogens (tertiary/aromatic N) is 2. The van der Waals surface area contributed by atoms with Gasteiger partial charge in [-0.1, -0.05) is 12.1 Å². The Bertz CT molecular complexity index is 704. The van der Waals surface area contributed by atoms with Gasteiger partial charge in [0.2, 0.25) is 0 Å². The summed E-state index contributed by atoms with van der Waals surface area (Å²) in [6.07, 6.45) is 1.50. The molecule has 0 N–H and O–H groups in total. The van der Waals surface area contributed by atoms with E-state index < -0.39 is 0 Å². The lowest BCUT2D eigenvalue weighted by Gasteiger charge is -2.36. The number of piperazine rings is 1. The standard InChI is InChI=1S/C18H20N2O4/c1-2-23-18(22)14-6-3-4-7-15(14)19-9-11-20(12-10-19)17(21)16-8-5-13-24-16/h3-8,13H,2,9-12H2,1H3. The number of ether oxygens (including phenoxy) is 1. The van der Waals surface area contributed by atoms with Gasteiger partial charge < -0.3 is 19.0 Å². The zero-order chi connectivity index (χ0) is 16.9. The highest BCUT2D eigenvalue weighted by Gasteiger charge is 2.25. The highest BCUT2D eigenvalue weighted by molar-refractivity contribution is 5.96. The van der Waals surface area contributed by atoms with Crippen molar-refractivity contribution >= 4 is 17.6 Å². The Morgan fingerprint density at radius 3 is 2.50 bits per heavy atom. The third-order valence-electron chi connectivity index (χ3n) is 4.04. The summed E-state index contributed by atoms with van der Waals surface area (Å²) in [5.74, 6) is -0.0594. The second-order valence-corrected chi connectivity index (χ2v) is 5.49. The molecule has 1 aromatic heterocycles. The molecule has 24 heavy (non-hydrogen) atoms. The quantitative estimate of drug-likeness (QED) is 0.807. The maximum absolute atomic E-state index is 12.3. The molecule has 1 aliphatic rings. The second-order valence-electron chi connectivity index (χ2n) is 5.49. The molecule has 0 saturated carbocycles. The van der Waals surface area contributed by atoms with E-state index in [9.17, 15) is 9.59 Å². The lowest BCUT2D eigenvalue weighted by molar-refractivity contribution is 0.0526. The molecular formula is C18H20N2O4. The van der Waals surface area contributed by atoms with Crippen molar-refractivity contribution in [3.8, 4) is 0 Å². The van der Waals surface area contributed by atoms with Gasteiger partial charge in [-0.25, -0.2) is 4.79 Å². The van der Waals surface area contributed by atoms with Crippen LogP contribution in [0.3, 0.4) is 0 Å². The Morgan fingerprint density at radius 2 is 1.83 bits per heavy atom. The molecule has 1 saturated heterocycles. The number of hydrogen-bond acceptors (Lipinski definition) is 5. The molecule has 3 rings (SSSR count). The van der Waals surface area contributed by atoms with Crippen LogP contribution in [-0.4, -0.2) is 49.6 Å². The molecule has 1 aliphatic heterocycles. The summed E-state index contributed by atoms with van der Waals surface area (Å²) in [5.41, 5.74) is 1.41. The van der Waals surface area contributed by atoms with E-state index in [0.29, 0.717) is 44.1 Å². The van der Waals surface area contributed by atoms with Crippen molar-refractivity contribution in [1.29, 1.82) is 0 Å². The molecule has 1 fully saturated rings. The number of carbonyl (C=O) groups excluding carboxylic acids is 2. The molecule has 1 amide bonds. The molecule has 126 valence electrons. The third-order valence-corrected chi connectivity index (χ3v) is 4.04. The minimum absolute atomic E-state index is 0.0988. The van der Waals surface area contributed by atoms with Crippen LogP contribution in [0.2, 0.25) is 0 Å². The van der Waals surface area contributed by atoms with Crippen molar-refractivity contribution in [1.82, 2.24) is 4.90 Å². The minimum atomic E-state index is -0.317. The summed E-state index contributed by atoms with van der Waals surface area (Å²) in [4.78, 5) is 28.3. The zero-order valence-corrected chi connectivity index (χ0v) is 13.6. The van der Waals surface area contributed by atoms with Crippen molar-refractivity contribution in [2.45, 2.75) is 6.92 Å². The number of amides is 1. The number of rotatable bonds is 4. The molecule has 6 heteroatoms. The van der Waals surface area contributed by atoms with Gasteiger partial charge in [0.25, 0.3) is 5.91 Å². The Hall–Kier alpha value is -2.76. The SMILES string of the molecule is CCOC(=O)c1ccccc1N1CCN(C(=O)c2ccco2)CC1. The van der Waals surface area contributed by atoms with E-state index in [1.165, 1.54) is 6.26 Å². The van der Waals surface area contributed by atoms with Gasteiger partial charge in [-0.3, -0.25) is 4.79 Å². The molecule has 0 bridgehead atoms. The Labute approximate surface area is 140 Å². The zero-order valence-electron chi connectivity index (χ0n) is 13.6. The summed E-state index contributed by atoms with van der Waals surface area (Å²) in [5, 5.41) is 0. The van der Waals surface area contributed by atoms with Gasteiger partial charge in [0, 0.05) is 26.2 Å². The Morgan fingerprint density at radius 1 is 1.08 bits per heavy atom. The highest BCUT2D eigenvalue weighted by atomic mass is 16.5. The number of furan rings is 1. The molecule has 0 atom stereocenters. The van der Waals surface area contributed by atoms with Gasteiger partial charge in [0.15, 0.2) is 5.76 Å². The van der Waals surface area contributed by atoms with Crippen LogP contribution < -0.4 is 4.90 Å². The van der Waals surface area contributed by atoms with E-state index in [-0.39, 0.29) is 11.9 Å². The summed E-state index contributed by atoms with van der Waals surface area (Å²) in [7, 11) is 0. The highest BCUT2D eigenvalue weighted by Crippen LogP contribution is 2.23. The number of carbonyl (C=O) groups is 2. The predicted octanol–water partition coefficient (Wildman–Crippen LogP) is 2.42. The molecular weight excluding hydrogens is 308 g/mol. The topological polar surface area (TPSA) is 63.0 Å². The van der Waals surface area contributed by atoms with E-state index >= 15 is 0 Å². The Kier molecular flexibility index (Phi) is 4.84. The molecule has 2 heterocycles. The molecule has 0 unspecified atom stereocenters. The lowest BCUT2D eigenvalue weighted by Crippen LogP contribution is -2.49. The van der Waals surface area contributed by atoms with Crippen LogP contribution in [0.25, 0.3) is 0 Å². The van der Waals surface area contributed by atoms with Gasteiger partial charge in [-0.05, 0) is 31.2 Å². The summed E-state index contributed by atoms with van der Waals surface area (Å²) < 4.78 is 10.3. The fraction of sp³-hybridized carbons (Fsp3) is 0.333. The normalized spacial score (nSPS) is 14.5. The van der Waals surface area contributed by atoms with E-state index in [2.05, 4.69) is 4.90 Å². The van der Waals surface area contributed by atoms with Crippen LogP contribution in [-0.2, 0) is 4.74 Å². The fourth-order valence-corrected chi connectivity index (χ4v) is 2.84. The van der Waals surface area contributed by atoms with Crippen molar-refractivity contribution in [3.63, 3.8) is 0 Å². The first kappa shape index (κ1) is 16.1. The Balaban J connectivity index is 1.69. The van der Waals surface area contributed by atoms with E-state index in [1.54, 1.807) is 30.0 Å². The van der Waals surface area contributed by atoms with E-state index in [4.69, 9.17) is 9.15 Å². The number of esters is 1. The van der Waals surface area contributed by atoms with Gasteiger partial charge in [0.05, 0.1) is 24.1 Å². The summed E-state index contributed by atoms with van der Waals surface area (Å²) in [6, 6.07) is 10.8. The van der Waals surface area contributed by atoms with Gasteiger partial charge >= 0.3 is 5.97 Å². The van der Waals surface area contributed by atoms with Crippen molar-refractivity contribution in [3.05, 3.63) is 54.0 Å². The van der Waals surface area contributed by atoms with Crippen LogP contribution in [0, 0.1) is 0 Å². The van der Waals surface area contributed by atoms with Crippen LogP contribution in [0.1, 0.15) is 27.8 Å². The maximum Gasteiger partial charge on any atom is 0.340 e. The van der Waals surface area contributed by atoms with Crippen molar-refractivity contribution in [2.75, 3.05) is 37.7 Å². The number of benzene rings is 1. The van der Waals surface area contributed by atoms with Crippen molar-refractivity contribution in [2.24, 2.45) is 0 Å². The molecule has 1 aromatic carbocycles. The van der Waals surface area contributed by atoms with Crippen LogP contribution in [0.4, 0.5) is 5.69 Å². The predicted molar refractivity (Wildman–Crippen MR) is 89.2 cm³/mol. The number of para-hydroxylation sites is 1. The largest absolute Gasteiger partial charge is 0.462 e. The molecule has 0 aliphatic carbocycles.